The van der Waals surface area contributed by atoms with Gasteiger partial charge in [-0.1, -0.05) is 0 Å². The van der Waals surface area contributed by atoms with Crippen molar-refractivity contribution < 1.29 is 33.8 Å². The molecule has 9 heteroatoms. The molecule has 0 aliphatic heterocycles. The van der Waals surface area contributed by atoms with Gasteiger partial charge < -0.3 is 24.7 Å². The maximum atomic E-state index is 9.93. The Morgan fingerprint density at radius 2 is 1.10 bits per heavy atom. The summed E-state index contributed by atoms with van der Waals surface area (Å²) in [5, 5.41) is 8.20. The van der Waals surface area contributed by atoms with E-state index in [1.807, 2.05) is 0 Å². The number of hydrogen-bond donors (Lipinski definition) is 5. The predicted octanol–water partition coefficient (Wildman–Crippen LogP) is -1.38. The van der Waals surface area contributed by atoms with E-state index in [0.29, 0.717) is 0 Å². The molecule has 0 atom stereocenters. The molecule has 7 nitrogen and oxygen atoms in total. The number of rotatable bonds is 2. The van der Waals surface area contributed by atoms with Crippen LogP contribution in [0.5, 0.6) is 0 Å². The lowest BCUT2D eigenvalue weighted by atomic mass is 11.7. The van der Waals surface area contributed by atoms with E-state index in [9.17, 15) is 9.13 Å². The monoisotopic (exact) mass is 192 g/mol. The van der Waals surface area contributed by atoms with E-state index >= 15 is 0 Å². The molecule has 0 aromatic rings. The normalized spacial score (nSPS) is 14.2. The third-order valence-electron chi connectivity index (χ3n) is 0.602. The van der Waals surface area contributed by atoms with Gasteiger partial charge in [-0.05, 0) is 0 Å². The minimum absolute atomic E-state index is 2.90. The van der Waals surface area contributed by atoms with Crippen LogP contribution in [0.2, 0.25) is 0 Å². The number of aliphatic hydroxyl groups excluding tert-OH is 1. The van der Waals surface area contributed by atoms with Crippen LogP contribution < -0.4 is 0 Å². The van der Waals surface area contributed by atoms with E-state index in [1.165, 1.54) is 0 Å². The van der Waals surface area contributed by atoms with Gasteiger partial charge in [-0.15, -0.1) is 0 Å². The maximum Gasteiger partial charge on any atom is 0.366 e. The summed E-state index contributed by atoms with van der Waals surface area (Å²) in [6, 6.07) is 0. The molecule has 0 heterocycles. The van der Waals surface area contributed by atoms with Crippen molar-refractivity contribution in [1.82, 2.24) is 0 Å². The summed E-state index contributed by atoms with van der Waals surface area (Å²) in [6.07, 6.45) is 0. The molecule has 62 valence electrons. The fraction of sp³-hybridized carbons (Fsp3) is 1.00. The summed E-state index contributed by atoms with van der Waals surface area (Å²) < 4.78 is 19.9. The molecule has 10 heavy (non-hydrogen) atoms. The Kier molecular flexibility index (Phi) is 2.78. The van der Waals surface area contributed by atoms with Crippen molar-refractivity contribution in [1.29, 1.82) is 0 Å². The van der Waals surface area contributed by atoms with Crippen LogP contribution in [0.25, 0.3) is 0 Å². The lowest BCUT2D eigenvalue weighted by Crippen LogP contribution is -2.06. The van der Waals surface area contributed by atoms with Gasteiger partial charge in [0, 0.05) is 0 Å². The average Bonchev–Trinajstić information content (AvgIpc) is 1.59. The van der Waals surface area contributed by atoms with Gasteiger partial charge in [0.25, 0.3) is 5.59 Å². The molecule has 0 aliphatic rings. The van der Waals surface area contributed by atoms with Crippen molar-refractivity contribution in [3.05, 3.63) is 0 Å². The second kappa shape index (κ2) is 2.71. The summed E-state index contributed by atoms with van der Waals surface area (Å²) in [4.78, 5) is 32.0. The maximum absolute atomic E-state index is 9.93. The Hall–Kier alpha value is 0.260. The Balaban J connectivity index is 4.56. The summed E-state index contributed by atoms with van der Waals surface area (Å²) >= 11 is 0. The number of aliphatic hydroxyl groups is 1. The molecule has 0 aromatic carbocycles. The van der Waals surface area contributed by atoms with Crippen molar-refractivity contribution >= 4 is 15.2 Å². The topological polar surface area (TPSA) is 135 Å². The van der Waals surface area contributed by atoms with E-state index in [2.05, 4.69) is 0 Å². The van der Waals surface area contributed by atoms with Crippen molar-refractivity contribution in [3.63, 3.8) is 0 Å². The van der Waals surface area contributed by atoms with Crippen LogP contribution >= 0.6 is 15.2 Å². The van der Waals surface area contributed by atoms with Gasteiger partial charge in [-0.3, -0.25) is 9.13 Å². The zero-order chi connectivity index (χ0) is 8.58. The second-order valence-electron chi connectivity index (χ2n) is 1.52. The smallest absolute Gasteiger partial charge is 0.366 e. The highest BCUT2D eigenvalue weighted by Gasteiger charge is 2.41. The Morgan fingerprint density at radius 1 is 0.900 bits per heavy atom. The first-order valence-electron chi connectivity index (χ1n) is 1.94. The van der Waals surface area contributed by atoms with Gasteiger partial charge in [-0.2, -0.15) is 0 Å². The zero-order valence-electron chi connectivity index (χ0n) is 4.52. The first-order valence-corrected chi connectivity index (χ1v) is 5.30. The van der Waals surface area contributed by atoms with Crippen LogP contribution in [-0.4, -0.2) is 30.3 Å². The first-order chi connectivity index (χ1) is 4.15. The molecule has 0 amide bonds. The van der Waals surface area contributed by atoms with Gasteiger partial charge in [-0.25, -0.2) is 0 Å². The van der Waals surface area contributed by atoms with Gasteiger partial charge in [0.2, 0.25) is 0 Å². The molecule has 0 radical (unpaired) electrons. The van der Waals surface area contributed by atoms with E-state index in [4.69, 9.17) is 24.7 Å². The average molecular weight is 192 g/mol. The van der Waals surface area contributed by atoms with E-state index in [-0.39, 0.29) is 0 Å². The van der Waals surface area contributed by atoms with Crippen molar-refractivity contribution in [2.45, 2.75) is 5.59 Å². The van der Waals surface area contributed by atoms with Gasteiger partial charge in [0.05, 0.1) is 0 Å². The molecule has 0 aliphatic carbocycles. The van der Waals surface area contributed by atoms with Crippen LogP contribution in [-0.2, 0) is 9.13 Å². The SMILES string of the molecule is O=P(O)(O)C(O)P(=O)(O)O. The summed E-state index contributed by atoms with van der Waals surface area (Å²) in [7, 11) is -10.2. The van der Waals surface area contributed by atoms with Crippen LogP contribution in [0, 0.1) is 0 Å². The third kappa shape index (κ3) is 2.90. The van der Waals surface area contributed by atoms with Crippen LogP contribution in [0.4, 0.5) is 0 Å². The molecular formula is CH6O7P2. The standard InChI is InChI=1S/CH6O7P2/c2-1(9(3,4)5)10(6,7)8/h1-2H,(H2,3,4,5)(H2,6,7,8). The van der Waals surface area contributed by atoms with E-state index in [0.717, 1.165) is 0 Å². The number of hydrogen-bond acceptors (Lipinski definition) is 3. The molecule has 0 bridgehead atoms. The molecule has 0 spiro atoms. The van der Waals surface area contributed by atoms with Crippen LogP contribution in [0.1, 0.15) is 0 Å². The van der Waals surface area contributed by atoms with Gasteiger partial charge in [0.15, 0.2) is 0 Å². The fourth-order valence-corrected chi connectivity index (χ4v) is 1.76. The van der Waals surface area contributed by atoms with Crippen molar-refractivity contribution in [2.24, 2.45) is 0 Å². The molecule has 0 aromatic heterocycles. The minimum atomic E-state index is -5.09. The Labute approximate surface area is 55.6 Å². The molecule has 0 saturated carbocycles. The van der Waals surface area contributed by atoms with E-state index < -0.39 is 20.8 Å². The van der Waals surface area contributed by atoms with Crippen LogP contribution in [0.15, 0.2) is 0 Å². The quantitative estimate of drug-likeness (QED) is 0.340. The highest BCUT2D eigenvalue weighted by atomic mass is 31.2. The Morgan fingerprint density at radius 3 is 1.10 bits per heavy atom. The van der Waals surface area contributed by atoms with Crippen molar-refractivity contribution in [3.8, 4) is 0 Å². The van der Waals surface area contributed by atoms with Gasteiger partial charge >= 0.3 is 15.2 Å². The summed E-state index contributed by atoms with van der Waals surface area (Å²) in [5.74, 6) is 0. The first kappa shape index (κ1) is 10.3. The fourth-order valence-electron chi connectivity index (χ4n) is 0.196. The van der Waals surface area contributed by atoms with Crippen molar-refractivity contribution in [2.75, 3.05) is 0 Å². The second-order valence-corrected chi connectivity index (χ2v) is 5.27. The lowest BCUT2D eigenvalue weighted by Gasteiger charge is -2.12. The largest absolute Gasteiger partial charge is 0.370 e. The highest BCUT2D eigenvalue weighted by Crippen LogP contribution is 2.57. The molecular weight excluding hydrogens is 186 g/mol. The lowest BCUT2D eigenvalue weighted by molar-refractivity contribution is 0.220. The van der Waals surface area contributed by atoms with Crippen LogP contribution in [0.3, 0.4) is 0 Å². The van der Waals surface area contributed by atoms with Gasteiger partial charge in [0.1, 0.15) is 0 Å². The Bertz CT molecular complexity index is 174. The third-order valence-corrected chi connectivity index (χ3v) is 3.61. The minimum Gasteiger partial charge on any atom is -0.370 e. The van der Waals surface area contributed by atoms with E-state index in [1.54, 1.807) is 0 Å². The molecule has 0 fully saturated rings. The summed E-state index contributed by atoms with van der Waals surface area (Å²) in [5.41, 5.74) is -2.90. The summed E-state index contributed by atoms with van der Waals surface area (Å²) in [6.45, 7) is 0. The molecule has 0 rings (SSSR count). The molecule has 5 N–H and O–H groups in total. The molecule has 0 saturated heterocycles. The zero-order valence-corrected chi connectivity index (χ0v) is 6.31. The molecule has 0 unspecified atom stereocenters. The highest BCUT2D eigenvalue weighted by molar-refractivity contribution is 7.70. The predicted molar refractivity (Wildman–Crippen MR) is 30.1 cm³/mol.